The Labute approximate surface area is 231 Å². The smallest absolute Gasteiger partial charge is 0.258 e. The van der Waals surface area contributed by atoms with Gasteiger partial charge in [0.1, 0.15) is 24.1 Å². The Morgan fingerprint density at radius 3 is 2.35 bits per heavy atom. The molecule has 0 spiro atoms. The Hall–Kier alpha value is -3.83. The third-order valence-corrected chi connectivity index (χ3v) is 7.95. The Morgan fingerprint density at radius 2 is 1.65 bits per heavy atom. The van der Waals surface area contributed by atoms with Gasteiger partial charge < -0.3 is 43.9 Å². The number of amides is 1. The van der Waals surface area contributed by atoms with E-state index in [0.29, 0.717) is 22.8 Å². The molecule has 2 aliphatic heterocycles. The normalized spacial score (nSPS) is 26.7. The third-order valence-electron chi connectivity index (χ3n) is 7.95. The molecule has 40 heavy (non-hydrogen) atoms. The Morgan fingerprint density at radius 1 is 0.900 bits per heavy atom. The van der Waals surface area contributed by atoms with Crippen LogP contribution in [0, 0.1) is 0 Å². The summed E-state index contributed by atoms with van der Waals surface area (Å²) in [6, 6.07) is 17.5. The van der Waals surface area contributed by atoms with Crippen LogP contribution in [0.5, 0.6) is 23.0 Å². The van der Waals surface area contributed by atoms with Crippen molar-refractivity contribution >= 4 is 5.91 Å². The van der Waals surface area contributed by atoms with E-state index in [1.54, 1.807) is 25.3 Å². The molecule has 10 heteroatoms. The lowest BCUT2D eigenvalue weighted by atomic mass is 9.69. The van der Waals surface area contributed by atoms with E-state index in [9.17, 15) is 20.1 Å². The van der Waals surface area contributed by atoms with Gasteiger partial charge in [-0.1, -0.05) is 42.5 Å². The second kappa shape index (κ2) is 10.6. The predicted molar refractivity (Wildman–Crippen MR) is 142 cm³/mol. The largest absolute Gasteiger partial charge is 0.497 e. The number of hydrogen-bond donors (Lipinski definition) is 3. The quantitative estimate of drug-likeness (QED) is 0.407. The zero-order chi connectivity index (χ0) is 28.0. The van der Waals surface area contributed by atoms with Crippen LogP contribution in [0.2, 0.25) is 0 Å². The molecule has 3 aliphatic rings. The van der Waals surface area contributed by atoms with Gasteiger partial charge in [-0.05, 0) is 34.9 Å². The zero-order valence-electron chi connectivity index (χ0n) is 22.1. The highest BCUT2D eigenvalue weighted by molar-refractivity contribution is 6.02. The molecule has 0 unspecified atom stereocenters. The fraction of sp³-hybridized carbons (Fsp3) is 0.367. The lowest BCUT2D eigenvalue weighted by Crippen LogP contribution is -2.67. The second-order valence-corrected chi connectivity index (χ2v) is 10.1. The number of aliphatic hydroxyl groups is 3. The van der Waals surface area contributed by atoms with Crippen LogP contribution in [-0.4, -0.2) is 77.6 Å². The SMILES string of the molecule is COc1ccc(CN2C(=O)c3c(cc4c(c3OC)OCO4)[C@H]3[C@@H](OCc4ccccc4)[C@H](O)[C@@H](O)[C@@H](O)[C@@H]32)cc1. The van der Waals surface area contributed by atoms with Gasteiger partial charge in [-0.25, -0.2) is 0 Å². The average molecular weight is 550 g/mol. The van der Waals surface area contributed by atoms with Crippen molar-refractivity contribution in [3.63, 3.8) is 0 Å². The Kier molecular flexibility index (Phi) is 7.01. The van der Waals surface area contributed by atoms with Crippen molar-refractivity contribution in [1.29, 1.82) is 0 Å². The first-order valence-electron chi connectivity index (χ1n) is 13.1. The molecule has 6 rings (SSSR count). The molecule has 1 amide bonds. The first-order chi connectivity index (χ1) is 19.4. The number of rotatable bonds is 7. The van der Waals surface area contributed by atoms with Crippen LogP contribution in [0.3, 0.4) is 0 Å². The summed E-state index contributed by atoms with van der Waals surface area (Å²) in [5.74, 6) is 0.443. The molecule has 1 saturated carbocycles. The van der Waals surface area contributed by atoms with Crippen LogP contribution < -0.4 is 18.9 Å². The summed E-state index contributed by atoms with van der Waals surface area (Å²) in [4.78, 5) is 15.7. The maximum absolute atomic E-state index is 14.2. The molecular weight excluding hydrogens is 518 g/mol. The molecule has 10 nitrogen and oxygen atoms in total. The molecule has 0 radical (unpaired) electrons. The molecule has 0 saturated heterocycles. The van der Waals surface area contributed by atoms with Crippen LogP contribution in [0.25, 0.3) is 0 Å². The van der Waals surface area contributed by atoms with Crippen LogP contribution in [0.1, 0.15) is 33.0 Å². The van der Waals surface area contributed by atoms with E-state index in [-0.39, 0.29) is 31.3 Å². The lowest BCUT2D eigenvalue weighted by Gasteiger charge is -2.53. The van der Waals surface area contributed by atoms with Gasteiger partial charge in [0.25, 0.3) is 5.91 Å². The summed E-state index contributed by atoms with van der Waals surface area (Å²) in [6.45, 7) is 0.231. The fourth-order valence-corrected chi connectivity index (χ4v) is 6.02. The van der Waals surface area contributed by atoms with E-state index in [0.717, 1.165) is 11.1 Å². The number of benzene rings is 3. The van der Waals surface area contributed by atoms with E-state index < -0.39 is 42.3 Å². The molecule has 6 atom stereocenters. The summed E-state index contributed by atoms with van der Waals surface area (Å²) in [6.07, 6.45) is -5.41. The summed E-state index contributed by atoms with van der Waals surface area (Å²) < 4.78 is 28.5. The van der Waals surface area contributed by atoms with Crippen LogP contribution in [0.15, 0.2) is 60.7 Å². The van der Waals surface area contributed by atoms with Gasteiger partial charge >= 0.3 is 0 Å². The van der Waals surface area contributed by atoms with Crippen molar-refractivity contribution in [2.45, 2.75) is 49.5 Å². The van der Waals surface area contributed by atoms with Crippen molar-refractivity contribution in [2.24, 2.45) is 0 Å². The zero-order valence-corrected chi connectivity index (χ0v) is 22.1. The van der Waals surface area contributed by atoms with E-state index in [2.05, 4.69) is 0 Å². The number of aliphatic hydroxyl groups excluding tert-OH is 3. The first kappa shape index (κ1) is 26.4. The van der Waals surface area contributed by atoms with Gasteiger partial charge in [-0.2, -0.15) is 0 Å². The van der Waals surface area contributed by atoms with E-state index >= 15 is 0 Å². The van der Waals surface area contributed by atoms with Gasteiger partial charge in [-0.3, -0.25) is 4.79 Å². The number of carbonyl (C=O) groups excluding carboxylic acids is 1. The average Bonchev–Trinajstić information content (AvgIpc) is 3.46. The topological polar surface area (TPSA) is 127 Å². The van der Waals surface area contributed by atoms with Gasteiger partial charge in [0.15, 0.2) is 11.5 Å². The molecule has 0 aromatic heterocycles. The molecule has 3 aromatic rings. The van der Waals surface area contributed by atoms with Crippen molar-refractivity contribution in [3.8, 4) is 23.0 Å². The highest BCUT2D eigenvalue weighted by Crippen LogP contribution is 2.53. The van der Waals surface area contributed by atoms with Crippen LogP contribution >= 0.6 is 0 Å². The van der Waals surface area contributed by atoms with Crippen molar-refractivity contribution in [3.05, 3.63) is 82.9 Å². The molecule has 3 aromatic carbocycles. The number of methoxy groups -OCH3 is 2. The highest BCUT2D eigenvalue weighted by atomic mass is 16.7. The standard InChI is InChI=1S/C30H31NO9/c1-36-18-10-8-16(9-11-18)13-31-23-21(19-12-20-27(40-15-39-20)29(37-2)22(19)30(31)35)28(26(34)25(33)24(23)32)38-14-17-6-4-3-5-7-17/h3-12,21,23-26,28,32-34H,13-15H2,1-2H3/t21-,23-,24+,25+,26-,28-/m1/s1. The van der Waals surface area contributed by atoms with Gasteiger partial charge in [0, 0.05) is 12.5 Å². The number of ether oxygens (including phenoxy) is 5. The van der Waals surface area contributed by atoms with Crippen molar-refractivity contribution in [2.75, 3.05) is 21.0 Å². The Balaban J connectivity index is 1.48. The van der Waals surface area contributed by atoms with E-state index in [1.807, 2.05) is 42.5 Å². The summed E-state index contributed by atoms with van der Waals surface area (Å²) >= 11 is 0. The summed E-state index contributed by atoms with van der Waals surface area (Å²) in [5.41, 5.74) is 2.39. The van der Waals surface area contributed by atoms with Crippen molar-refractivity contribution in [1.82, 2.24) is 4.90 Å². The first-order valence-corrected chi connectivity index (χ1v) is 13.1. The molecule has 210 valence electrons. The van der Waals surface area contributed by atoms with E-state index in [4.69, 9.17) is 23.7 Å². The predicted octanol–water partition coefficient (Wildman–Crippen LogP) is 2.22. The number of nitrogens with zero attached hydrogens (tertiary/aromatic N) is 1. The minimum absolute atomic E-state index is 0.0374. The highest BCUT2D eigenvalue weighted by Gasteiger charge is 2.57. The van der Waals surface area contributed by atoms with Crippen molar-refractivity contribution < 1.29 is 43.8 Å². The molecule has 1 aliphatic carbocycles. The minimum Gasteiger partial charge on any atom is -0.497 e. The number of fused-ring (bicyclic) bond motifs is 4. The van der Waals surface area contributed by atoms with Crippen LogP contribution in [-0.2, 0) is 17.9 Å². The van der Waals surface area contributed by atoms with Gasteiger partial charge in [-0.15, -0.1) is 0 Å². The van der Waals surface area contributed by atoms with E-state index in [1.165, 1.54) is 12.0 Å². The number of carbonyl (C=O) groups is 1. The van der Waals surface area contributed by atoms with Gasteiger partial charge in [0.2, 0.25) is 12.5 Å². The monoisotopic (exact) mass is 549 g/mol. The lowest BCUT2D eigenvalue weighted by molar-refractivity contribution is -0.189. The molecule has 0 bridgehead atoms. The summed E-state index contributed by atoms with van der Waals surface area (Å²) in [5, 5.41) is 33.6. The maximum Gasteiger partial charge on any atom is 0.258 e. The summed E-state index contributed by atoms with van der Waals surface area (Å²) in [7, 11) is 3.02. The molecule has 1 fully saturated rings. The fourth-order valence-electron chi connectivity index (χ4n) is 6.02. The molecule has 2 heterocycles. The third kappa shape index (κ3) is 4.33. The molecular formula is C30H31NO9. The Bertz CT molecular complexity index is 1380. The maximum atomic E-state index is 14.2. The van der Waals surface area contributed by atoms with Crippen LogP contribution in [0.4, 0.5) is 0 Å². The number of hydrogen-bond acceptors (Lipinski definition) is 9. The van der Waals surface area contributed by atoms with Gasteiger partial charge in [0.05, 0.1) is 38.5 Å². The second-order valence-electron chi connectivity index (χ2n) is 10.1. The minimum atomic E-state index is -1.55. The molecule has 3 N–H and O–H groups in total.